The van der Waals surface area contributed by atoms with Gasteiger partial charge in [-0.3, -0.25) is 0 Å². The molecule has 1 fully saturated rings. The number of halogens is 1. The summed E-state index contributed by atoms with van der Waals surface area (Å²) < 4.78 is 0. The minimum atomic E-state index is -0.327. The van der Waals surface area contributed by atoms with Crippen LogP contribution in [0.3, 0.4) is 0 Å². The van der Waals surface area contributed by atoms with Crippen molar-refractivity contribution >= 4 is 23.3 Å². The van der Waals surface area contributed by atoms with Crippen molar-refractivity contribution in [3.8, 4) is 0 Å². The number of nitrogens with zero attached hydrogens (tertiary/aromatic N) is 1. The lowest BCUT2D eigenvalue weighted by Gasteiger charge is -2.31. The Hall–Kier alpha value is -1.42. The Morgan fingerprint density at radius 2 is 2.11 bits per heavy atom. The molecule has 2 amide bonds. The molecule has 0 unspecified atom stereocenters. The summed E-state index contributed by atoms with van der Waals surface area (Å²) >= 11 is 6.09. The molecule has 18 heavy (non-hydrogen) atoms. The van der Waals surface area contributed by atoms with Crippen molar-refractivity contribution in [3.63, 3.8) is 0 Å². The lowest BCUT2D eigenvalue weighted by Crippen LogP contribution is -2.44. The molecule has 3 N–H and O–H groups in total. The van der Waals surface area contributed by atoms with Gasteiger partial charge < -0.3 is 16.0 Å². The van der Waals surface area contributed by atoms with Crippen LogP contribution in [0, 0.1) is 6.92 Å². The molecular formula is C13H18ClN3O. The largest absolute Gasteiger partial charge is 0.382 e. The van der Waals surface area contributed by atoms with Gasteiger partial charge in [0.05, 0.1) is 0 Å². The van der Waals surface area contributed by atoms with E-state index in [1.807, 2.05) is 25.1 Å². The number of anilines is 1. The molecule has 98 valence electrons. The Morgan fingerprint density at radius 1 is 1.44 bits per heavy atom. The summed E-state index contributed by atoms with van der Waals surface area (Å²) in [7, 11) is 0. The Bertz CT molecular complexity index is 442. The number of likely N-dealkylation sites (tertiary alicyclic amines) is 1. The van der Waals surface area contributed by atoms with Gasteiger partial charge in [0.25, 0.3) is 0 Å². The van der Waals surface area contributed by atoms with Gasteiger partial charge in [0.1, 0.15) is 0 Å². The molecular weight excluding hydrogens is 250 g/mol. The number of amides is 2. The maximum Gasteiger partial charge on any atom is 0.314 e. The van der Waals surface area contributed by atoms with E-state index in [1.54, 1.807) is 4.90 Å². The van der Waals surface area contributed by atoms with E-state index in [2.05, 4.69) is 5.32 Å². The number of benzene rings is 1. The molecule has 2 rings (SSSR count). The topological polar surface area (TPSA) is 58.4 Å². The van der Waals surface area contributed by atoms with Crippen LogP contribution in [0.5, 0.6) is 0 Å². The zero-order valence-corrected chi connectivity index (χ0v) is 11.2. The standard InChI is InChI=1S/C13H18ClN3O/c1-9-2-3-11(8-12(9)14)16-10-4-6-17(7-5-10)13(15)18/h2-3,8,10,16H,4-7H2,1H3,(H2,15,18). The van der Waals surface area contributed by atoms with Crippen LogP contribution in [0.25, 0.3) is 0 Å². The molecule has 0 radical (unpaired) electrons. The van der Waals surface area contributed by atoms with E-state index in [-0.39, 0.29) is 6.03 Å². The van der Waals surface area contributed by atoms with Crippen LogP contribution in [0.15, 0.2) is 18.2 Å². The summed E-state index contributed by atoms with van der Waals surface area (Å²) in [6, 6.07) is 6.02. The molecule has 0 atom stereocenters. The van der Waals surface area contributed by atoms with Crippen molar-refractivity contribution in [2.45, 2.75) is 25.8 Å². The number of nitrogens with one attached hydrogen (secondary N) is 1. The average molecular weight is 268 g/mol. The predicted molar refractivity (Wildman–Crippen MR) is 74.0 cm³/mol. The normalized spacial score (nSPS) is 16.7. The highest BCUT2D eigenvalue weighted by Crippen LogP contribution is 2.22. The summed E-state index contributed by atoms with van der Waals surface area (Å²) in [6.45, 7) is 3.41. The molecule has 0 spiro atoms. The van der Waals surface area contributed by atoms with Crippen LogP contribution in [-0.4, -0.2) is 30.1 Å². The van der Waals surface area contributed by atoms with Crippen molar-refractivity contribution in [2.75, 3.05) is 18.4 Å². The summed E-state index contributed by atoms with van der Waals surface area (Å²) in [4.78, 5) is 12.7. The van der Waals surface area contributed by atoms with Gasteiger partial charge in [-0.15, -0.1) is 0 Å². The first-order valence-corrected chi connectivity index (χ1v) is 6.51. The summed E-state index contributed by atoms with van der Waals surface area (Å²) in [5, 5.41) is 4.22. The summed E-state index contributed by atoms with van der Waals surface area (Å²) in [5.74, 6) is 0. The third kappa shape index (κ3) is 3.07. The summed E-state index contributed by atoms with van der Waals surface area (Å²) in [6.07, 6.45) is 1.82. The maximum atomic E-state index is 11.0. The predicted octanol–water partition coefficient (Wildman–Crippen LogP) is 2.60. The minimum Gasteiger partial charge on any atom is -0.382 e. The van der Waals surface area contributed by atoms with Crippen LogP contribution in [-0.2, 0) is 0 Å². The van der Waals surface area contributed by atoms with Crippen LogP contribution in [0.4, 0.5) is 10.5 Å². The SMILES string of the molecule is Cc1ccc(NC2CCN(C(N)=O)CC2)cc1Cl. The molecule has 1 aliphatic heterocycles. The number of aryl methyl sites for hydroxylation is 1. The van der Waals surface area contributed by atoms with Crippen molar-refractivity contribution in [1.29, 1.82) is 0 Å². The van der Waals surface area contributed by atoms with Crippen LogP contribution in [0.1, 0.15) is 18.4 Å². The van der Waals surface area contributed by atoms with Gasteiger partial charge >= 0.3 is 6.03 Å². The molecule has 1 aromatic rings. The Kier molecular flexibility index (Phi) is 3.97. The molecule has 1 aromatic carbocycles. The van der Waals surface area contributed by atoms with E-state index in [1.165, 1.54) is 0 Å². The highest BCUT2D eigenvalue weighted by molar-refractivity contribution is 6.31. The Labute approximate surface area is 112 Å². The van der Waals surface area contributed by atoms with Crippen molar-refractivity contribution in [2.24, 2.45) is 5.73 Å². The number of carbonyl (C=O) groups excluding carboxylic acids is 1. The first-order valence-electron chi connectivity index (χ1n) is 6.13. The molecule has 0 saturated carbocycles. The lowest BCUT2D eigenvalue weighted by molar-refractivity contribution is 0.193. The molecule has 0 aromatic heterocycles. The molecule has 1 saturated heterocycles. The molecule has 1 heterocycles. The van der Waals surface area contributed by atoms with Gasteiger partial charge in [0, 0.05) is 29.8 Å². The van der Waals surface area contributed by atoms with Crippen molar-refractivity contribution < 1.29 is 4.79 Å². The Balaban J connectivity index is 1.91. The third-order valence-electron chi connectivity index (χ3n) is 3.35. The fourth-order valence-corrected chi connectivity index (χ4v) is 2.34. The number of primary amides is 1. The fraction of sp³-hybridized carbons (Fsp3) is 0.462. The average Bonchev–Trinajstić information content (AvgIpc) is 2.34. The van der Waals surface area contributed by atoms with E-state index in [0.29, 0.717) is 19.1 Å². The maximum absolute atomic E-state index is 11.0. The number of urea groups is 1. The highest BCUT2D eigenvalue weighted by atomic mass is 35.5. The van der Waals surface area contributed by atoms with Gasteiger partial charge in [-0.2, -0.15) is 0 Å². The fourth-order valence-electron chi connectivity index (χ4n) is 2.16. The smallest absolute Gasteiger partial charge is 0.314 e. The first-order chi connectivity index (χ1) is 8.56. The second-order valence-corrected chi connectivity index (χ2v) is 5.12. The quantitative estimate of drug-likeness (QED) is 0.865. The number of nitrogens with two attached hydrogens (primary N) is 1. The minimum absolute atomic E-state index is 0.327. The number of carbonyl (C=O) groups is 1. The summed E-state index contributed by atoms with van der Waals surface area (Å²) in [5.41, 5.74) is 7.36. The van der Waals surface area contributed by atoms with Crippen LogP contribution >= 0.6 is 11.6 Å². The van der Waals surface area contributed by atoms with Crippen molar-refractivity contribution in [3.05, 3.63) is 28.8 Å². The van der Waals surface area contributed by atoms with Gasteiger partial charge in [-0.1, -0.05) is 17.7 Å². The van der Waals surface area contributed by atoms with Crippen LogP contribution in [0.2, 0.25) is 5.02 Å². The second-order valence-electron chi connectivity index (χ2n) is 4.71. The molecule has 0 aliphatic carbocycles. The lowest BCUT2D eigenvalue weighted by atomic mass is 10.0. The monoisotopic (exact) mass is 267 g/mol. The number of hydrogen-bond donors (Lipinski definition) is 2. The van der Waals surface area contributed by atoms with E-state index >= 15 is 0 Å². The van der Waals surface area contributed by atoms with Gasteiger partial charge in [-0.05, 0) is 37.5 Å². The highest BCUT2D eigenvalue weighted by Gasteiger charge is 2.20. The van der Waals surface area contributed by atoms with E-state index < -0.39 is 0 Å². The zero-order chi connectivity index (χ0) is 13.1. The van der Waals surface area contributed by atoms with Gasteiger partial charge in [0.2, 0.25) is 0 Å². The number of hydrogen-bond acceptors (Lipinski definition) is 2. The van der Waals surface area contributed by atoms with E-state index in [0.717, 1.165) is 29.1 Å². The molecule has 1 aliphatic rings. The molecule has 0 bridgehead atoms. The van der Waals surface area contributed by atoms with Gasteiger partial charge in [-0.25, -0.2) is 4.79 Å². The van der Waals surface area contributed by atoms with Gasteiger partial charge in [0.15, 0.2) is 0 Å². The van der Waals surface area contributed by atoms with E-state index in [4.69, 9.17) is 17.3 Å². The van der Waals surface area contributed by atoms with E-state index in [9.17, 15) is 4.79 Å². The molecule has 5 heteroatoms. The first kappa shape index (κ1) is 13.0. The number of piperidine rings is 1. The van der Waals surface area contributed by atoms with Crippen LogP contribution < -0.4 is 11.1 Å². The van der Waals surface area contributed by atoms with Crippen molar-refractivity contribution in [1.82, 2.24) is 4.90 Å². The third-order valence-corrected chi connectivity index (χ3v) is 3.76. The Morgan fingerprint density at radius 3 is 2.67 bits per heavy atom. The second kappa shape index (κ2) is 5.48. The zero-order valence-electron chi connectivity index (χ0n) is 10.4. The molecule has 4 nitrogen and oxygen atoms in total. The number of rotatable bonds is 2.